The summed E-state index contributed by atoms with van der Waals surface area (Å²) >= 11 is 0. The Morgan fingerprint density at radius 1 is 1.22 bits per heavy atom. The number of guanidine groups is 1. The van der Waals surface area contributed by atoms with Crippen molar-refractivity contribution in [3.05, 3.63) is 0 Å². The van der Waals surface area contributed by atoms with Gasteiger partial charge in [-0.25, -0.2) is 0 Å². The van der Waals surface area contributed by atoms with Crippen LogP contribution < -0.4 is 10.6 Å². The number of nitrogens with one attached hydrogen (secondary N) is 2. The van der Waals surface area contributed by atoms with E-state index in [1.165, 1.54) is 51.7 Å². The zero-order chi connectivity index (χ0) is 18.8. The van der Waals surface area contributed by atoms with Crippen molar-refractivity contribution in [1.82, 2.24) is 15.5 Å². The minimum absolute atomic E-state index is 0. The highest BCUT2D eigenvalue weighted by Gasteiger charge is 2.26. The van der Waals surface area contributed by atoms with Crippen LogP contribution in [0, 0.1) is 5.92 Å². The molecule has 27 heavy (non-hydrogen) atoms. The quantitative estimate of drug-likeness (QED) is 0.227. The summed E-state index contributed by atoms with van der Waals surface area (Å²) in [4.78, 5) is 7.00. The molecule has 2 aliphatic rings. The van der Waals surface area contributed by atoms with Gasteiger partial charge in [-0.3, -0.25) is 9.20 Å². The second-order valence-corrected chi connectivity index (χ2v) is 10.1. The van der Waals surface area contributed by atoms with Gasteiger partial charge in [0.2, 0.25) is 0 Å². The lowest BCUT2D eigenvalue weighted by Crippen LogP contribution is -2.46. The van der Waals surface area contributed by atoms with E-state index in [0.29, 0.717) is 11.3 Å². The molecule has 0 spiro atoms. The molecule has 2 rings (SSSR count). The summed E-state index contributed by atoms with van der Waals surface area (Å²) < 4.78 is 12.1. The largest absolute Gasteiger partial charge is 0.356 e. The molecule has 160 valence electrons. The van der Waals surface area contributed by atoms with Gasteiger partial charge in [0.05, 0.1) is 0 Å². The molecule has 0 aromatic carbocycles. The van der Waals surface area contributed by atoms with Crippen molar-refractivity contribution >= 4 is 40.7 Å². The molecule has 2 fully saturated rings. The van der Waals surface area contributed by atoms with Gasteiger partial charge in [0.1, 0.15) is 0 Å². The molecule has 1 saturated heterocycles. The van der Waals surface area contributed by atoms with Crippen LogP contribution in [0.4, 0.5) is 0 Å². The molecule has 5 nitrogen and oxygen atoms in total. The molecule has 4 unspecified atom stereocenters. The van der Waals surface area contributed by atoms with E-state index in [-0.39, 0.29) is 24.0 Å². The number of piperidine rings is 1. The van der Waals surface area contributed by atoms with Crippen molar-refractivity contribution in [2.75, 3.05) is 39.0 Å². The van der Waals surface area contributed by atoms with E-state index in [1.54, 1.807) is 0 Å². The second-order valence-electron chi connectivity index (χ2n) is 8.05. The van der Waals surface area contributed by atoms with Crippen molar-refractivity contribution in [2.45, 2.75) is 76.5 Å². The molecule has 0 radical (unpaired) electrons. The van der Waals surface area contributed by atoms with Gasteiger partial charge in [-0.1, -0.05) is 20.3 Å². The van der Waals surface area contributed by atoms with E-state index < -0.39 is 10.8 Å². The van der Waals surface area contributed by atoms with Gasteiger partial charge in [0.25, 0.3) is 0 Å². The topological polar surface area (TPSA) is 56.7 Å². The summed E-state index contributed by atoms with van der Waals surface area (Å²) in [5.74, 6) is 2.55. The first kappa shape index (κ1) is 25.1. The van der Waals surface area contributed by atoms with E-state index in [2.05, 4.69) is 27.4 Å². The molecule has 1 heterocycles. The van der Waals surface area contributed by atoms with Crippen LogP contribution in [0.3, 0.4) is 0 Å². The molecule has 0 bridgehead atoms. The summed E-state index contributed by atoms with van der Waals surface area (Å²) in [6, 6.07) is 0.408. The molecule has 0 aromatic rings. The monoisotopic (exact) mass is 512 g/mol. The van der Waals surface area contributed by atoms with Crippen LogP contribution in [0.5, 0.6) is 0 Å². The van der Waals surface area contributed by atoms with E-state index >= 15 is 0 Å². The molecule has 1 saturated carbocycles. The number of halogens is 1. The van der Waals surface area contributed by atoms with Gasteiger partial charge < -0.3 is 15.5 Å². The maximum absolute atomic E-state index is 12.1. The third-order valence-electron chi connectivity index (χ3n) is 5.78. The number of likely N-dealkylation sites (tertiary alicyclic amines) is 1. The SMILES string of the molecule is CCS(=O)C1CCCC(NC(=NC)NCCCCN2CCCC(C)C2)C1.I. The zero-order valence-electron chi connectivity index (χ0n) is 17.5. The molecule has 2 N–H and O–H groups in total. The first-order valence-electron chi connectivity index (χ1n) is 10.7. The molecule has 1 aliphatic carbocycles. The summed E-state index contributed by atoms with van der Waals surface area (Å²) in [6.45, 7) is 9.15. The Labute approximate surface area is 186 Å². The van der Waals surface area contributed by atoms with Crippen molar-refractivity contribution in [2.24, 2.45) is 10.9 Å². The minimum Gasteiger partial charge on any atom is -0.356 e. The number of nitrogens with zero attached hydrogens (tertiary/aromatic N) is 2. The third-order valence-corrected chi connectivity index (χ3v) is 7.52. The normalized spacial score (nSPS) is 28.3. The molecule has 7 heteroatoms. The summed E-state index contributed by atoms with van der Waals surface area (Å²) in [7, 11) is 1.17. The van der Waals surface area contributed by atoms with E-state index in [0.717, 1.165) is 43.4 Å². The highest BCUT2D eigenvalue weighted by atomic mass is 127. The average Bonchev–Trinajstić information content (AvgIpc) is 2.66. The molecule has 0 aromatic heterocycles. The third kappa shape index (κ3) is 9.43. The van der Waals surface area contributed by atoms with Crippen LogP contribution in [0.2, 0.25) is 0 Å². The highest BCUT2D eigenvalue weighted by molar-refractivity contribution is 14.0. The van der Waals surface area contributed by atoms with Crippen LogP contribution in [-0.2, 0) is 10.8 Å². The number of hydrogen-bond acceptors (Lipinski definition) is 3. The van der Waals surface area contributed by atoms with Crippen LogP contribution in [-0.4, -0.2) is 65.3 Å². The highest BCUT2D eigenvalue weighted by Crippen LogP contribution is 2.23. The van der Waals surface area contributed by atoms with Crippen molar-refractivity contribution < 1.29 is 4.21 Å². The summed E-state index contributed by atoms with van der Waals surface area (Å²) in [5.41, 5.74) is 0. The van der Waals surface area contributed by atoms with Crippen molar-refractivity contribution in [1.29, 1.82) is 0 Å². The standard InChI is InChI=1S/C20H40N4OS.HI/c1-4-26(25)19-11-7-10-18(15-19)23-20(21-3)22-12-5-6-13-24-14-8-9-17(2)16-24;/h17-19H,4-16H2,1-3H3,(H2,21,22,23);1H. The Hall–Kier alpha value is 0.110. The fourth-order valence-electron chi connectivity index (χ4n) is 4.30. The van der Waals surface area contributed by atoms with Crippen LogP contribution in [0.1, 0.15) is 65.2 Å². The lowest BCUT2D eigenvalue weighted by Gasteiger charge is -2.31. The molecular weight excluding hydrogens is 471 g/mol. The van der Waals surface area contributed by atoms with Crippen molar-refractivity contribution in [3.63, 3.8) is 0 Å². The predicted molar refractivity (Wildman–Crippen MR) is 129 cm³/mol. The number of rotatable bonds is 8. The molecule has 1 aliphatic heterocycles. The Morgan fingerprint density at radius 3 is 2.74 bits per heavy atom. The van der Waals surface area contributed by atoms with Gasteiger partial charge in [-0.15, -0.1) is 24.0 Å². The van der Waals surface area contributed by atoms with Gasteiger partial charge in [-0.2, -0.15) is 0 Å². The maximum Gasteiger partial charge on any atom is 0.191 e. The Balaban J connectivity index is 0.00000364. The van der Waals surface area contributed by atoms with Crippen molar-refractivity contribution in [3.8, 4) is 0 Å². The van der Waals surface area contributed by atoms with Gasteiger partial charge in [0.15, 0.2) is 5.96 Å². The average molecular weight is 513 g/mol. The molecule has 4 atom stereocenters. The lowest BCUT2D eigenvalue weighted by molar-refractivity contribution is 0.181. The van der Waals surface area contributed by atoms with Gasteiger partial charge in [-0.05, 0) is 64.0 Å². The Bertz CT molecular complexity index is 463. The van der Waals surface area contributed by atoms with Crippen LogP contribution in [0.15, 0.2) is 4.99 Å². The minimum atomic E-state index is -0.669. The predicted octanol–water partition coefficient (Wildman–Crippen LogP) is 3.36. The first-order valence-corrected chi connectivity index (χ1v) is 12.1. The Kier molecular flexibility index (Phi) is 13.2. The van der Waals surface area contributed by atoms with Gasteiger partial charge >= 0.3 is 0 Å². The number of unbranched alkanes of at least 4 members (excludes halogenated alkanes) is 1. The molecular formula is C20H41IN4OS. The van der Waals surface area contributed by atoms with E-state index in [4.69, 9.17) is 0 Å². The fourth-order valence-corrected chi connectivity index (χ4v) is 5.64. The lowest BCUT2D eigenvalue weighted by atomic mass is 9.95. The number of hydrogen-bond donors (Lipinski definition) is 2. The summed E-state index contributed by atoms with van der Waals surface area (Å²) in [6.07, 6.45) is 9.63. The Morgan fingerprint density at radius 2 is 2.04 bits per heavy atom. The zero-order valence-corrected chi connectivity index (χ0v) is 20.7. The fraction of sp³-hybridized carbons (Fsp3) is 0.950. The maximum atomic E-state index is 12.1. The van der Waals surface area contributed by atoms with Gasteiger partial charge in [0, 0.05) is 48.0 Å². The first-order chi connectivity index (χ1) is 12.6. The van der Waals surface area contributed by atoms with E-state index in [1.807, 2.05) is 14.0 Å². The smallest absolute Gasteiger partial charge is 0.191 e. The molecule has 0 amide bonds. The summed E-state index contributed by atoms with van der Waals surface area (Å²) in [5, 5.41) is 7.38. The second kappa shape index (κ2) is 14.1. The van der Waals surface area contributed by atoms with Crippen LogP contribution in [0.25, 0.3) is 0 Å². The van der Waals surface area contributed by atoms with Crippen LogP contribution >= 0.6 is 24.0 Å². The van der Waals surface area contributed by atoms with E-state index in [9.17, 15) is 4.21 Å². The number of aliphatic imine (C=N–C) groups is 1.